The molecule has 0 saturated carbocycles. The van der Waals surface area contributed by atoms with Gasteiger partial charge in [0.05, 0.1) is 19.0 Å². The van der Waals surface area contributed by atoms with Crippen molar-refractivity contribution in [2.45, 2.75) is 18.6 Å². The van der Waals surface area contributed by atoms with Gasteiger partial charge in [0.1, 0.15) is 11.0 Å². The summed E-state index contributed by atoms with van der Waals surface area (Å²) in [5, 5.41) is 30.1. The lowest BCUT2D eigenvalue weighted by Gasteiger charge is -2.16. The Balaban J connectivity index is 1.55. The molecule has 10 heteroatoms. The average Bonchev–Trinajstić information content (AvgIpc) is 3.16. The Morgan fingerprint density at radius 1 is 1.11 bits per heavy atom. The number of phenolic OH excluding ortho intramolecular Hbond substituents is 2. The van der Waals surface area contributed by atoms with Crippen LogP contribution in [0, 0.1) is 6.92 Å². The number of aromatic hydroxyl groups is 2. The molecule has 1 aliphatic heterocycles. The van der Waals surface area contributed by atoms with E-state index in [9.17, 15) is 19.8 Å². The van der Waals surface area contributed by atoms with E-state index in [1.54, 1.807) is 36.4 Å². The topological polar surface area (TPSA) is 124 Å². The van der Waals surface area contributed by atoms with Gasteiger partial charge in [0.15, 0.2) is 16.7 Å². The van der Waals surface area contributed by atoms with E-state index in [0.29, 0.717) is 27.9 Å². The van der Waals surface area contributed by atoms with E-state index >= 15 is 0 Å². The number of phenols is 2. The highest BCUT2D eigenvalue weighted by Gasteiger charge is 2.40. The lowest BCUT2D eigenvalue weighted by Crippen LogP contribution is -2.33. The average molecular weight is 505 g/mol. The minimum Gasteiger partial charge on any atom is -0.508 e. The lowest BCUT2D eigenvalue weighted by atomic mass is 10.2. The molecule has 4 rings (SSSR count). The SMILES string of the molecule is COc1cc(/C=N/N=C2/SC(CC(=O)Nc3ccc(C)cc3)C(=O)N2c2ccc(O)cc2)ccc1O. The maximum absolute atomic E-state index is 13.3. The smallest absolute Gasteiger partial charge is 0.247 e. The molecule has 1 atom stereocenters. The Bertz CT molecular complexity index is 1320. The molecule has 0 radical (unpaired) electrons. The monoisotopic (exact) mass is 504 g/mol. The van der Waals surface area contributed by atoms with Crippen LogP contribution in [0.3, 0.4) is 0 Å². The highest BCUT2D eigenvalue weighted by molar-refractivity contribution is 8.16. The van der Waals surface area contributed by atoms with Gasteiger partial charge in [-0.25, -0.2) is 0 Å². The quantitative estimate of drug-likeness (QED) is 0.326. The number of carbonyl (C=O) groups is 2. The zero-order valence-corrected chi connectivity index (χ0v) is 20.4. The molecule has 1 unspecified atom stereocenters. The van der Waals surface area contributed by atoms with Crippen LogP contribution in [-0.2, 0) is 9.59 Å². The summed E-state index contributed by atoms with van der Waals surface area (Å²) >= 11 is 1.14. The number of nitrogens with zero attached hydrogens (tertiary/aromatic N) is 3. The van der Waals surface area contributed by atoms with Gasteiger partial charge in [-0.2, -0.15) is 5.10 Å². The first kappa shape index (κ1) is 24.8. The van der Waals surface area contributed by atoms with Crippen molar-refractivity contribution in [2.24, 2.45) is 10.2 Å². The van der Waals surface area contributed by atoms with Crippen molar-refractivity contribution in [3.8, 4) is 17.2 Å². The first-order valence-electron chi connectivity index (χ1n) is 11.0. The maximum atomic E-state index is 13.3. The van der Waals surface area contributed by atoms with Gasteiger partial charge >= 0.3 is 0 Å². The summed E-state index contributed by atoms with van der Waals surface area (Å²) in [5.74, 6) is -0.253. The van der Waals surface area contributed by atoms with Crippen LogP contribution in [0.15, 0.2) is 76.9 Å². The summed E-state index contributed by atoms with van der Waals surface area (Å²) in [6.07, 6.45) is 1.41. The minimum absolute atomic E-state index is 0.00294. The van der Waals surface area contributed by atoms with Gasteiger partial charge in [0, 0.05) is 12.1 Å². The van der Waals surface area contributed by atoms with Crippen molar-refractivity contribution < 1.29 is 24.5 Å². The highest BCUT2D eigenvalue weighted by atomic mass is 32.2. The fourth-order valence-corrected chi connectivity index (χ4v) is 4.53. The molecule has 36 heavy (non-hydrogen) atoms. The fraction of sp³-hybridized carbons (Fsp3) is 0.154. The predicted octanol–water partition coefficient (Wildman–Crippen LogP) is 4.28. The van der Waals surface area contributed by atoms with Gasteiger partial charge in [-0.1, -0.05) is 29.5 Å². The Morgan fingerprint density at radius 2 is 1.83 bits per heavy atom. The van der Waals surface area contributed by atoms with Gasteiger partial charge in [-0.05, 0) is 67.1 Å². The van der Waals surface area contributed by atoms with Crippen LogP contribution in [0.4, 0.5) is 11.4 Å². The maximum Gasteiger partial charge on any atom is 0.247 e. The molecule has 1 aliphatic rings. The predicted molar refractivity (Wildman–Crippen MR) is 141 cm³/mol. The number of anilines is 2. The third-order valence-corrected chi connectivity index (χ3v) is 6.43. The molecule has 1 saturated heterocycles. The van der Waals surface area contributed by atoms with E-state index in [1.165, 1.54) is 36.4 Å². The van der Waals surface area contributed by atoms with Crippen molar-refractivity contribution in [1.82, 2.24) is 0 Å². The molecule has 0 aliphatic carbocycles. The fourth-order valence-electron chi connectivity index (χ4n) is 3.44. The van der Waals surface area contributed by atoms with Gasteiger partial charge in [0.2, 0.25) is 11.8 Å². The normalized spacial score (nSPS) is 16.6. The zero-order chi connectivity index (χ0) is 25.7. The van der Waals surface area contributed by atoms with E-state index in [4.69, 9.17) is 4.74 Å². The van der Waals surface area contributed by atoms with E-state index in [1.807, 2.05) is 19.1 Å². The van der Waals surface area contributed by atoms with Crippen LogP contribution < -0.4 is 15.0 Å². The second kappa shape index (κ2) is 11.0. The van der Waals surface area contributed by atoms with Gasteiger partial charge in [-0.15, -0.1) is 5.10 Å². The first-order chi connectivity index (χ1) is 17.3. The van der Waals surface area contributed by atoms with Gasteiger partial charge in [0.25, 0.3) is 0 Å². The molecular weight excluding hydrogens is 480 g/mol. The summed E-state index contributed by atoms with van der Waals surface area (Å²) < 4.78 is 5.10. The lowest BCUT2D eigenvalue weighted by molar-refractivity contribution is -0.121. The number of amidine groups is 1. The number of hydrogen-bond donors (Lipinski definition) is 3. The number of nitrogens with one attached hydrogen (secondary N) is 1. The van der Waals surface area contributed by atoms with Crippen molar-refractivity contribution in [3.05, 3.63) is 77.9 Å². The Labute approximate surface area is 212 Å². The van der Waals surface area contributed by atoms with E-state index in [0.717, 1.165) is 17.3 Å². The molecule has 2 amide bonds. The van der Waals surface area contributed by atoms with Crippen molar-refractivity contribution in [2.75, 3.05) is 17.3 Å². The summed E-state index contributed by atoms with van der Waals surface area (Å²) in [6.45, 7) is 1.96. The second-order valence-electron chi connectivity index (χ2n) is 7.97. The molecule has 184 valence electrons. The number of aryl methyl sites for hydroxylation is 1. The summed E-state index contributed by atoms with van der Waals surface area (Å²) in [7, 11) is 1.45. The molecule has 9 nitrogen and oxygen atoms in total. The Hall–Kier alpha value is -4.31. The van der Waals surface area contributed by atoms with Crippen LogP contribution in [0.5, 0.6) is 17.2 Å². The molecule has 3 N–H and O–H groups in total. The third-order valence-electron chi connectivity index (χ3n) is 5.30. The van der Waals surface area contributed by atoms with Crippen molar-refractivity contribution >= 4 is 46.3 Å². The number of thioether (sulfide) groups is 1. The Kier molecular flexibility index (Phi) is 7.55. The minimum atomic E-state index is -0.702. The third kappa shape index (κ3) is 5.84. The van der Waals surface area contributed by atoms with Crippen LogP contribution >= 0.6 is 11.8 Å². The molecule has 3 aromatic carbocycles. The molecule has 1 fully saturated rings. The van der Waals surface area contributed by atoms with Crippen molar-refractivity contribution in [1.29, 1.82) is 0 Å². The van der Waals surface area contributed by atoms with E-state index < -0.39 is 5.25 Å². The number of carbonyl (C=O) groups excluding carboxylic acids is 2. The van der Waals surface area contributed by atoms with E-state index in [-0.39, 0.29) is 29.7 Å². The number of methoxy groups -OCH3 is 1. The molecular formula is C26H24N4O5S. The highest BCUT2D eigenvalue weighted by Crippen LogP contribution is 2.34. The molecule has 0 spiro atoms. The number of hydrogen-bond acceptors (Lipinski definition) is 8. The number of benzene rings is 3. The van der Waals surface area contributed by atoms with Crippen molar-refractivity contribution in [3.63, 3.8) is 0 Å². The first-order valence-corrected chi connectivity index (χ1v) is 11.9. The van der Waals surface area contributed by atoms with Crippen LogP contribution in [0.2, 0.25) is 0 Å². The summed E-state index contributed by atoms with van der Waals surface area (Å²) in [5.41, 5.74) is 2.85. The van der Waals surface area contributed by atoms with Crippen LogP contribution in [0.1, 0.15) is 17.5 Å². The van der Waals surface area contributed by atoms with Gasteiger partial charge < -0.3 is 20.3 Å². The van der Waals surface area contributed by atoms with Crippen LogP contribution in [0.25, 0.3) is 0 Å². The number of rotatable bonds is 7. The second-order valence-corrected chi connectivity index (χ2v) is 9.14. The standard InChI is InChI=1S/C26H24N4O5S/c1-16-3-6-18(7-4-16)28-24(33)14-23-25(34)30(19-8-10-20(31)11-9-19)26(36-23)29-27-15-17-5-12-21(32)22(13-17)35-2/h3-13,15,23,31-32H,14H2,1-2H3,(H,28,33)/b27-15+,29-26+. The van der Waals surface area contributed by atoms with Gasteiger partial charge in [-0.3, -0.25) is 14.5 Å². The summed E-state index contributed by atoms with van der Waals surface area (Å²) in [4.78, 5) is 27.3. The largest absolute Gasteiger partial charge is 0.508 e. The molecule has 1 heterocycles. The van der Waals surface area contributed by atoms with E-state index in [2.05, 4.69) is 15.5 Å². The molecule has 0 aromatic heterocycles. The Morgan fingerprint density at radius 3 is 2.53 bits per heavy atom. The number of ether oxygens (including phenoxy) is 1. The molecule has 3 aromatic rings. The van der Waals surface area contributed by atoms with Crippen LogP contribution in [-0.4, -0.2) is 45.8 Å². The summed E-state index contributed by atoms with van der Waals surface area (Å²) in [6, 6.07) is 18.2. The molecule has 0 bridgehead atoms. The number of amides is 2. The zero-order valence-electron chi connectivity index (χ0n) is 19.6.